The molecule has 0 saturated heterocycles. The molecule has 0 bridgehead atoms. The summed E-state index contributed by atoms with van der Waals surface area (Å²) in [6.45, 7) is 0. The fourth-order valence-electron chi connectivity index (χ4n) is 4.28. The zero-order valence-corrected chi connectivity index (χ0v) is 17.8. The van der Waals surface area contributed by atoms with Gasteiger partial charge in [-0.15, -0.1) is 0 Å². The van der Waals surface area contributed by atoms with Crippen LogP contribution in [-0.4, -0.2) is 9.55 Å². The number of aromatic nitrogens is 2. The van der Waals surface area contributed by atoms with Gasteiger partial charge in [0.25, 0.3) is 0 Å². The number of imidazole rings is 1. The molecule has 2 aromatic heterocycles. The van der Waals surface area contributed by atoms with Gasteiger partial charge in [-0.3, -0.25) is 4.57 Å². The van der Waals surface area contributed by atoms with Crippen LogP contribution in [0.2, 0.25) is 0 Å². The molecule has 0 saturated carbocycles. The summed E-state index contributed by atoms with van der Waals surface area (Å²) in [5.74, 6) is 0.520. The Morgan fingerprint density at radius 3 is 2.21 bits per heavy atom. The van der Waals surface area contributed by atoms with Crippen molar-refractivity contribution in [1.29, 1.82) is 0 Å². The van der Waals surface area contributed by atoms with Crippen LogP contribution >= 0.6 is 0 Å². The number of nitrogens with zero attached hydrogens (tertiary/aromatic N) is 2. The molecule has 4 aromatic carbocycles. The molecule has 34 heavy (non-hydrogen) atoms. The molecule has 0 fully saturated rings. The minimum absolute atomic E-state index is 0.368. The number of para-hydroxylation sites is 2. The second-order valence-corrected chi connectivity index (χ2v) is 8.03. The molecule has 0 unspecified atom stereocenters. The first-order chi connectivity index (χ1) is 16.5. The van der Waals surface area contributed by atoms with Crippen LogP contribution in [-0.2, 0) is 6.18 Å². The third-order valence-corrected chi connectivity index (χ3v) is 5.94. The summed E-state index contributed by atoms with van der Waals surface area (Å²) in [7, 11) is 0. The number of halogens is 3. The molecule has 6 rings (SSSR count). The van der Waals surface area contributed by atoms with Crippen molar-refractivity contribution in [3.63, 3.8) is 0 Å². The smallest absolute Gasteiger partial charge is 0.416 e. The van der Waals surface area contributed by atoms with Crippen LogP contribution < -0.4 is 0 Å². The molecule has 0 amide bonds. The van der Waals surface area contributed by atoms with E-state index >= 15 is 0 Å². The Balaban J connectivity index is 1.56. The number of fused-ring (bicyclic) bond motifs is 2. The second-order valence-electron chi connectivity index (χ2n) is 8.03. The van der Waals surface area contributed by atoms with Gasteiger partial charge in [-0.05, 0) is 53.6 Å². The van der Waals surface area contributed by atoms with Crippen LogP contribution in [0.4, 0.5) is 13.2 Å². The Bertz CT molecular complexity index is 1630. The van der Waals surface area contributed by atoms with Gasteiger partial charge in [0, 0.05) is 11.1 Å². The minimum Gasteiger partial charge on any atom is -0.464 e. The molecule has 0 spiro atoms. The van der Waals surface area contributed by atoms with E-state index < -0.39 is 11.7 Å². The van der Waals surface area contributed by atoms with E-state index in [9.17, 15) is 13.2 Å². The molecule has 6 aromatic rings. The first-order valence-electron chi connectivity index (χ1n) is 10.7. The summed E-state index contributed by atoms with van der Waals surface area (Å²) in [4.78, 5) is 4.78. The largest absolute Gasteiger partial charge is 0.464 e. The van der Waals surface area contributed by atoms with Crippen molar-refractivity contribution in [3.05, 3.63) is 109 Å². The molecule has 6 heteroatoms. The highest BCUT2D eigenvalue weighted by molar-refractivity contribution is 5.95. The number of hydrogen-bond donors (Lipinski definition) is 0. The number of benzene rings is 4. The summed E-state index contributed by atoms with van der Waals surface area (Å²) >= 11 is 0. The maximum Gasteiger partial charge on any atom is 0.416 e. The van der Waals surface area contributed by atoms with Crippen molar-refractivity contribution < 1.29 is 17.6 Å². The third-order valence-electron chi connectivity index (χ3n) is 5.94. The van der Waals surface area contributed by atoms with Gasteiger partial charge in [-0.2, -0.15) is 13.2 Å². The standard InChI is InChI=1S/C28H17F3N2O/c29-28(30,31)20-12-15-26-22(16-20)23(17-34-26)27-32-24-8-4-5-9-25(24)33(27)21-13-10-19(11-14-21)18-6-2-1-3-7-18/h1-17H. The highest BCUT2D eigenvalue weighted by atomic mass is 19.4. The number of furan rings is 1. The Hall–Kier alpha value is -4.32. The predicted octanol–water partition coefficient (Wildman–Crippen LogP) is 8.12. The monoisotopic (exact) mass is 454 g/mol. The highest BCUT2D eigenvalue weighted by Crippen LogP contribution is 2.38. The molecule has 166 valence electrons. The average Bonchev–Trinajstić information content (AvgIpc) is 3.45. The minimum atomic E-state index is -4.45. The number of alkyl halides is 3. The Morgan fingerprint density at radius 2 is 1.44 bits per heavy atom. The predicted molar refractivity (Wildman–Crippen MR) is 127 cm³/mol. The molecule has 0 aliphatic heterocycles. The maximum atomic E-state index is 13.4. The van der Waals surface area contributed by atoms with Gasteiger partial charge in [0.1, 0.15) is 17.7 Å². The quantitative estimate of drug-likeness (QED) is 0.270. The van der Waals surface area contributed by atoms with E-state index in [0.29, 0.717) is 22.4 Å². The zero-order valence-electron chi connectivity index (χ0n) is 17.8. The highest BCUT2D eigenvalue weighted by Gasteiger charge is 2.31. The molecule has 0 atom stereocenters. The van der Waals surface area contributed by atoms with E-state index in [1.54, 1.807) is 0 Å². The summed E-state index contributed by atoms with van der Waals surface area (Å²) in [6, 6.07) is 29.2. The van der Waals surface area contributed by atoms with E-state index in [1.807, 2.05) is 83.4 Å². The number of rotatable bonds is 3. The van der Waals surface area contributed by atoms with Crippen molar-refractivity contribution in [2.45, 2.75) is 6.18 Å². The van der Waals surface area contributed by atoms with E-state index in [1.165, 1.54) is 12.3 Å². The first-order valence-corrected chi connectivity index (χ1v) is 10.7. The van der Waals surface area contributed by atoms with E-state index in [-0.39, 0.29) is 0 Å². The van der Waals surface area contributed by atoms with Crippen molar-refractivity contribution in [1.82, 2.24) is 9.55 Å². The molecular weight excluding hydrogens is 437 g/mol. The average molecular weight is 454 g/mol. The van der Waals surface area contributed by atoms with E-state index in [2.05, 4.69) is 0 Å². The zero-order chi connectivity index (χ0) is 23.3. The van der Waals surface area contributed by atoms with Gasteiger partial charge in [0.05, 0.1) is 22.2 Å². The van der Waals surface area contributed by atoms with Crippen molar-refractivity contribution >= 4 is 22.0 Å². The lowest BCUT2D eigenvalue weighted by molar-refractivity contribution is -0.137. The summed E-state index contributed by atoms with van der Waals surface area (Å²) in [6.07, 6.45) is -2.98. The first kappa shape index (κ1) is 20.3. The summed E-state index contributed by atoms with van der Waals surface area (Å²) < 4.78 is 47.7. The van der Waals surface area contributed by atoms with Gasteiger partial charge in [0.15, 0.2) is 0 Å². The molecule has 2 heterocycles. The van der Waals surface area contributed by atoms with Gasteiger partial charge in [0.2, 0.25) is 0 Å². The van der Waals surface area contributed by atoms with Crippen molar-refractivity contribution in [3.8, 4) is 28.2 Å². The topological polar surface area (TPSA) is 31.0 Å². The van der Waals surface area contributed by atoms with Crippen molar-refractivity contribution in [2.75, 3.05) is 0 Å². The Kier molecular flexibility index (Phi) is 4.55. The van der Waals surface area contributed by atoms with Gasteiger partial charge < -0.3 is 4.42 Å². The summed E-state index contributed by atoms with van der Waals surface area (Å²) in [5, 5.41) is 0.368. The van der Waals surface area contributed by atoms with Crippen LogP contribution in [0.3, 0.4) is 0 Å². The second kappa shape index (κ2) is 7.63. The van der Waals surface area contributed by atoms with Crippen LogP contribution in [0.5, 0.6) is 0 Å². The Morgan fingerprint density at radius 1 is 0.735 bits per heavy atom. The van der Waals surface area contributed by atoms with Crippen LogP contribution in [0.1, 0.15) is 5.56 Å². The molecular formula is C28H17F3N2O. The van der Waals surface area contributed by atoms with Gasteiger partial charge >= 0.3 is 6.18 Å². The van der Waals surface area contributed by atoms with E-state index in [4.69, 9.17) is 9.40 Å². The molecule has 0 N–H and O–H groups in total. The lowest BCUT2D eigenvalue weighted by atomic mass is 10.1. The molecule has 0 radical (unpaired) electrons. The van der Waals surface area contributed by atoms with Crippen LogP contribution in [0.15, 0.2) is 108 Å². The fourth-order valence-corrected chi connectivity index (χ4v) is 4.28. The Labute approximate surface area is 192 Å². The fraction of sp³-hybridized carbons (Fsp3) is 0.0357. The van der Waals surface area contributed by atoms with Gasteiger partial charge in [-0.25, -0.2) is 4.98 Å². The van der Waals surface area contributed by atoms with Crippen molar-refractivity contribution in [2.24, 2.45) is 0 Å². The molecule has 0 aliphatic carbocycles. The third kappa shape index (κ3) is 3.35. The molecule has 0 aliphatic rings. The molecule has 3 nitrogen and oxygen atoms in total. The SMILES string of the molecule is FC(F)(F)c1ccc2occ(-c3nc4ccccc4n3-c3ccc(-c4ccccc4)cc3)c2c1. The van der Waals surface area contributed by atoms with E-state index in [0.717, 1.165) is 40.0 Å². The normalized spacial score (nSPS) is 12.0. The van der Waals surface area contributed by atoms with Crippen LogP contribution in [0, 0.1) is 0 Å². The lowest BCUT2D eigenvalue weighted by Gasteiger charge is -2.11. The number of hydrogen-bond acceptors (Lipinski definition) is 2. The lowest BCUT2D eigenvalue weighted by Crippen LogP contribution is -2.04. The maximum absolute atomic E-state index is 13.4. The summed E-state index contributed by atoms with van der Waals surface area (Å²) in [5.41, 5.74) is 4.77. The van der Waals surface area contributed by atoms with Gasteiger partial charge in [-0.1, -0.05) is 54.6 Å². The van der Waals surface area contributed by atoms with Crippen LogP contribution in [0.25, 0.3) is 50.2 Å².